The summed E-state index contributed by atoms with van der Waals surface area (Å²) >= 11 is 0. The van der Waals surface area contributed by atoms with E-state index < -0.39 is 13.7 Å². The number of para-hydroxylation sites is 1. The average molecular weight is 708 g/mol. The summed E-state index contributed by atoms with van der Waals surface area (Å²) in [6.45, 7) is 8.19. The largest absolute Gasteiger partial charge is 0.497 e. The first-order valence-electron chi connectivity index (χ1n) is 18.4. The lowest BCUT2D eigenvalue weighted by Crippen LogP contribution is -2.51. The number of benzene rings is 3. The molecule has 11 heteroatoms. The predicted octanol–water partition coefficient (Wildman–Crippen LogP) is 6.10. The second kappa shape index (κ2) is 14.4. The van der Waals surface area contributed by atoms with Gasteiger partial charge in [0, 0.05) is 61.6 Å². The fourth-order valence-corrected chi connectivity index (χ4v) is 12.9. The maximum absolute atomic E-state index is 15.3. The van der Waals surface area contributed by atoms with E-state index in [-0.39, 0.29) is 36.0 Å². The molecule has 4 aromatic rings. The van der Waals surface area contributed by atoms with Gasteiger partial charge in [0.1, 0.15) is 5.75 Å². The van der Waals surface area contributed by atoms with Gasteiger partial charge in [0.15, 0.2) is 5.60 Å². The number of hydrogen-bond acceptors (Lipinski definition) is 7. The molecule has 4 atom stereocenters. The van der Waals surface area contributed by atoms with Crippen LogP contribution in [0.2, 0.25) is 18.6 Å². The minimum atomic E-state index is -2.36. The van der Waals surface area contributed by atoms with Crippen molar-refractivity contribution < 1.29 is 24.2 Å². The maximum Gasteiger partial charge on any atom is 0.268 e. The molecular weight excluding hydrogens is 659 g/mol. The van der Waals surface area contributed by atoms with Crippen molar-refractivity contribution in [1.29, 1.82) is 0 Å². The molecule has 3 aromatic carbocycles. The van der Waals surface area contributed by atoms with Crippen LogP contribution in [0.5, 0.6) is 5.75 Å². The molecule has 0 bridgehead atoms. The third-order valence-corrected chi connectivity index (χ3v) is 15.8. The van der Waals surface area contributed by atoms with E-state index in [9.17, 15) is 9.90 Å². The summed E-state index contributed by atoms with van der Waals surface area (Å²) in [5, 5.41) is 19.3. The van der Waals surface area contributed by atoms with E-state index >= 15 is 4.79 Å². The molecule has 1 N–H and O–H groups in total. The van der Waals surface area contributed by atoms with Gasteiger partial charge in [-0.25, -0.2) is 0 Å². The summed E-state index contributed by atoms with van der Waals surface area (Å²) in [4.78, 5) is 32.5. The van der Waals surface area contributed by atoms with Crippen molar-refractivity contribution in [2.45, 2.75) is 88.8 Å². The zero-order chi connectivity index (χ0) is 35.8. The summed E-state index contributed by atoms with van der Waals surface area (Å²) in [6, 6.07) is 24.3. The lowest BCUT2D eigenvalue weighted by atomic mass is 9.82. The van der Waals surface area contributed by atoms with E-state index in [1.165, 1.54) is 5.19 Å². The van der Waals surface area contributed by atoms with Crippen LogP contribution in [0.25, 0.3) is 0 Å². The van der Waals surface area contributed by atoms with Gasteiger partial charge < -0.3 is 19.5 Å². The molecule has 1 aromatic heterocycles. The molecule has 1 spiro atoms. The highest BCUT2D eigenvalue weighted by molar-refractivity contribution is 6.91. The Bertz CT molecular complexity index is 1860. The number of nitrogens with zero attached hydrogens (tertiary/aromatic N) is 5. The summed E-state index contributed by atoms with van der Waals surface area (Å²) in [6.07, 6.45) is 7.23. The number of aliphatic hydroxyl groups excluding tert-OH is 1. The minimum Gasteiger partial charge on any atom is -0.497 e. The van der Waals surface area contributed by atoms with Gasteiger partial charge in [-0.1, -0.05) is 73.6 Å². The van der Waals surface area contributed by atoms with Crippen LogP contribution in [-0.2, 0) is 32.9 Å². The highest BCUT2D eigenvalue weighted by Crippen LogP contribution is 2.61. The van der Waals surface area contributed by atoms with E-state index in [4.69, 9.17) is 9.47 Å². The van der Waals surface area contributed by atoms with E-state index in [0.29, 0.717) is 32.4 Å². The van der Waals surface area contributed by atoms with Crippen molar-refractivity contribution in [1.82, 2.24) is 15.0 Å². The van der Waals surface area contributed by atoms with Crippen LogP contribution in [0, 0.1) is 5.92 Å². The zero-order valence-corrected chi connectivity index (χ0v) is 31.1. The molecule has 3 aliphatic rings. The molecular formula is C40H49N5O5Si. The van der Waals surface area contributed by atoms with E-state index in [0.717, 1.165) is 59.8 Å². The summed E-state index contributed by atoms with van der Waals surface area (Å²) < 4.78 is 14.7. The number of aryl methyl sites for hydroxylation is 1. The standard InChI is InChI=1S/C40H49N5O5Si/c1-28-38(51(3,4)33-18-16-32(49-2)17-19-33)36(21-24-43-27-29(22-25-46)41-42-43)50-40(28)34-26-31(44-23-11-6-5-10-14-37(44)47)15-20-35(34)45(39(40)48)30-12-8-7-9-13-30/h7-9,12-13,15-20,26-28,36,38,46H,5-6,10-11,14,21-25H2,1-4H3/t28-,36+,38-,40+/m1/s1. The van der Waals surface area contributed by atoms with Gasteiger partial charge in [-0.05, 0) is 67.3 Å². The SMILES string of the molecule is COc1ccc([Si](C)(C)[C@H]2[C@H](CCn3cc(CCO)nn3)O[C@@]3(C(=O)N(c4ccccc4)c4ccc(N5CCCCCCC5=O)cc43)[C@@H]2C)cc1. The number of hydrogen-bond donors (Lipinski definition) is 1. The van der Waals surface area contributed by atoms with Crippen LogP contribution < -0.4 is 19.7 Å². The van der Waals surface area contributed by atoms with Gasteiger partial charge in [-0.2, -0.15) is 0 Å². The van der Waals surface area contributed by atoms with E-state index in [2.05, 4.69) is 48.5 Å². The summed E-state index contributed by atoms with van der Waals surface area (Å²) in [5.41, 5.74) is 2.77. The smallest absolute Gasteiger partial charge is 0.268 e. The summed E-state index contributed by atoms with van der Waals surface area (Å²) in [5.74, 6) is 0.656. The molecule has 51 heavy (non-hydrogen) atoms. The molecule has 0 radical (unpaired) electrons. The molecule has 3 aliphatic heterocycles. The first kappa shape index (κ1) is 35.1. The topological polar surface area (TPSA) is 110 Å². The second-order valence-corrected chi connectivity index (χ2v) is 19.5. The highest BCUT2D eigenvalue weighted by Gasteiger charge is 2.66. The van der Waals surface area contributed by atoms with Gasteiger partial charge >= 0.3 is 0 Å². The number of methoxy groups -OCH3 is 1. The summed E-state index contributed by atoms with van der Waals surface area (Å²) in [7, 11) is -0.685. The number of anilines is 3. The quantitative estimate of drug-likeness (QED) is 0.198. The van der Waals surface area contributed by atoms with Gasteiger partial charge in [-0.3, -0.25) is 19.2 Å². The number of aliphatic hydroxyl groups is 1. The van der Waals surface area contributed by atoms with Gasteiger partial charge in [0.25, 0.3) is 5.91 Å². The number of ether oxygens (including phenoxy) is 2. The van der Waals surface area contributed by atoms with Crippen LogP contribution in [0.15, 0.2) is 79.0 Å². The van der Waals surface area contributed by atoms with E-state index in [1.807, 2.05) is 75.3 Å². The Morgan fingerprint density at radius 3 is 2.49 bits per heavy atom. The average Bonchev–Trinajstić information content (AvgIpc) is 3.78. The maximum atomic E-state index is 15.3. The molecule has 2 fully saturated rings. The van der Waals surface area contributed by atoms with Crippen molar-refractivity contribution in [2.75, 3.05) is 30.1 Å². The van der Waals surface area contributed by atoms with Crippen molar-refractivity contribution in [3.63, 3.8) is 0 Å². The monoisotopic (exact) mass is 707 g/mol. The Morgan fingerprint density at radius 2 is 1.75 bits per heavy atom. The fourth-order valence-electron chi connectivity index (χ4n) is 8.87. The van der Waals surface area contributed by atoms with Crippen molar-refractivity contribution >= 4 is 42.1 Å². The normalized spacial score (nSPS) is 23.8. The Hall–Kier alpha value is -4.32. The Kier molecular flexibility index (Phi) is 9.88. The zero-order valence-electron chi connectivity index (χ0n) is 30.1. The number of aromatic nitrogens is 3. The molecule has 7 rings (SSSR count). The molecule has 4 heterocycles. The Morgan fingerprint density at radius 1 is 0.980 bits per heavy atom. The predicted molar refractivity (Wildman–Crippen MR) is 200 cm³/mol. The first-order valence-corrected chi connectivity index (χ1v) is 21.4. The lowest BCUT2D eigenvalue weighted by molar-refractivity contribution is -0.145. The molecule has 10 nitrogen and oxygen atoms in total. The van der Waals surface area contributed by atoms with Crippen molar-refractivity contribution in [3.05, 3.63) is 90.3 Å². The van der Waals surface area contributed by atoms with Crippen LogP contribution in [0.3, 0.4) is 0 Å². The number of carbonyl (C=O) groups excluding carboxylic acids is 2. The Balaban J connectivity index is 1.35. The van der Waals surface area contributed by atoms with Crippen LogP contribution in [0.4, 0.5) is 17.1 Å². The third-order valence-electron chi connectivity index (χ3n) is 11.5. The van der Waals surface area contributed by atoms with Crippen LogP contribution >= 0.6 is 0 Å². The Labute approximate surface area is 301 Å². The number of amides is 2. The molecule has 268 valence electrons. The lowest BCUT2D eigenvalue weighted by Gasteiger charge is -2.37. The second-order valence-electron chi connectivity index (χ2n) is 14.8. The van der Waals surface area contributed by atoms with Gasteiger partial charge in [-0.15, -0.1) is 5.10 Å². The number of rotatable bonds is 10. The molecule has 0 saturated carbocycles. The molecule has 2 saturated heterocycles. The van der Waals surface area contributed by atoms with Crippen molar-refractivity contribution in [3.8, 4) is 5.75 Å². The van der Waals surface area contributed by atoms with Crippen LogP contribution in [0.1, 0.15) is 56.7 Å². The van der Waals surface area contributed by atoms with Gasteiger partial charge in [0.05, 0.1) is 32.7 Å². The number of fused-ring (bicyclic) bond motifs is 2. The first-order chi connectivity index (χ1) is 24.7. The van der Waals surface area contributed by atoms with Crippen molar-refractivity contribution in [2.24, 2.45) is 5.92 Å². The fraction of sp³-hybridized carbons (Fsp3) is 0.450. The molecule has 0 unspecified atom stereocenters. The van der Waals surface area contributed by atoms with Crippen LogP contribution in [-0.4, -0.2) is 66.4 Å². The molecule has 2 amide bonds. The highest BCUT2D eigenvalue weighted by atomic mass is 28.3. The third kappa shape index (κ3) is 6.29. The van der Waals surface area contributed by atoms with Gasteiger partial charge in [0.2, 0.25) is 5.91 Å². The van der Waals surface area contributed by atoms with E-state index in [1.54, 1.807) is 7.11 Å². The minimum absolute atomic E-state index is 0.0125. The molecule has 0 aliphatic carbocycles. The number of carbonyl (C=O) groups is 2.